The lowest BCUT2D eigenvalue weighted by Gasteiger charge is -2.18. The Labute approximate surface area is 178 Å². The molecule has 2 amide bonds. The van der Waals surface area contributed by atoms with Crippen molar-refractivity contribution in [3.63, 3.8) is 0 Å². The molecular weight excluding hydrogens is 419 g/mol. The van der Waals surface area contributed by atoms with Gasteiger partial charge in [-0.25, -0.2) is 0 Å². The van der Waals surface area contributed by atoms with Gasteiger partial charge >= 0.3 is 6.18 Å². The predicted octanol–water partition coefficient (Wildman–Crippen LogP) is 4.79. The third-order valence-corrected chi connectivity index (χ3v) is 4.65. The number of hydrogen-bond donors (Lipinski definition) is 2. The Hall–Kier alpha value is -2.58. The Morgan fingerprint density at radius 3 is 2.03 bits per heavy atom. The second kappa shape index (κ2) is 9.49. The van der Waals surface area contributed by atoms with E-state index in [0.717, 1.165) is 34.5 Å². The third-order valence-electron chi connectivity index (χ3n) is 4.32. The highest BCUT2D eigenvalue weighted by Crippen LogP contribution is 2.36. The summed E-state index contributed by atoms with van der Waals surface area (Å²) >= 11 is 5.57. The molecule has 9 heteroatoms. The van der Waals surface area contributed by atoms with Crippen molar-refractivity contribution in [1.29, 1.82) is 0 Å². The minimum atomic E-state index is -4.63. The Morgan fingerprint density at radius 2 is 1.50 bits per heavy atom. The lowest BCUT2D eigenvalue weighted by molar-refractivity contribution is -0.137. The highest BCUT2D eigenvalue weighted by Gasteiger charge is 2.33. The molecule has 0 atom stereocenters. The van der Waals surface area contributed by atoms with Gasteiger partial charge in [0, 0.05) is 11.4 Å². The first-order valence-electron chi connectivity index (χ1n) is 9.09. The van der Waals surface area contributed by atoms with Crippen molar-refractivity contribution in [1.82, 2.24) is 4.90 Å². The van der Waals surface area contributed by atoms with Crippen LogP contribution in [0.3, 0.4) is 0 Å². The van der Waals surface area contributed by atoms with Crippen LogP contribution in [0.1, 0.15) is 22.3 Å². The molecule has 0 spiro atoms. The second-order valence-corrected chi connectivity index (χ2v) is 7.64. The van der Waals surface area contributed by atoms with Crippen LogP contribution < -0.4 is 10.6 Å². The molecule has 0 aliphatic rings. The van der Waals surface area contributed by atoms with Crippen LogP contribution in [-0.4, -0.2) is 36.9 Å². The summed E-state index contributed by atoms with van der Waals surface area (Å²) in [6.45, 7) is 5.52. The fraction of sp³-hybridized carbons (Fsp3) is 0.333. The number of rotatable bonds is 6. The van der Waals surface area contributed by atoms with Crippen molar-refractivity contribution < 1.29 is 22.8 Å². The average molecular weight is 442 g/mol. The Balaban J connectivity index is 1.94. The molecule has 162 valence electrons. The van der Waals surface area contributed by atoms with Crippen molar-refractivity contribution in [2.75, 3.05) is 30.8 Å². The van der Waals surface area contributed by atoms with Gasteiger partial charge in [-0.15, -0.1) is 0 Å². The van der Waals surface area contributed by atoms with Crippen LogP contribution in [0.5, 0.6) is 0 Å². The van der Waals surface area contributed by atoms with Gasteiger partial charge in [0.2, 0.25) is 11.8 Å². The Morgan fingerprint density at radius 1 is 0.967 bits per heavy atom. The number of hydrogen-bond acceptors (Lipinski definition) is 3. The van der Waals surface area contributed by atoms with Gasteiger partial charge in [-0.1, -0.05) is 29.3 Å². The van der Waals surface area contributed by atoms with Gasteiger partial charge in [-0.05, 0) is 57.1 Å². The SMILES string of the molecule is Cc1cc(C)c(NC(=O)CN(C)CC(=O)Nc2ccc(Cl)c(C(F)(F)F)c2)c(C)c1. The van der Waals surface area contributed by atoms with Gasteiger partial charge in [0.25, 0.3) is 0 Å². The number of alkyl halides is 3. The lowest BCUT2D eigenvalue weighted by atomic mass is 10.1. The zero-order valence-corrected chi connectivity index (χ0v) is 17.8. The quantitative estimate of drug-likeness (QED) is 0.677. The van der Waals surface area contributed by atoms with Crippen LogP contribution in [0.2, 0.25) is 5.02 Å². The summed E-state index contributed by atoms with van der Waals surface area (Å²) in [5.74, 6) is -0.852. The molecule has 0 heterocycles. The number of benzene rings is 2. The molecule has 0 unspecified atom stereocenters. The number of nitrogens with zero attached hydrogens (tertiary/aromatic N) is 1. The summed E-state index contributed by atoms with van der Waals surface area (Å²) in [4.78, 5) is 25.9. The molecule has 0 aromatic heterocycles. The smallest absolute Gasteiger partial charge is 0.325 e. The standard InChI is InChI=1S/C21H23ClF3N3O2/c1-12-7-13(2)20(14(3)8-12)27-19(30)11-28(4)10-18(29)26-15-5-6-17(22)16(9-15)21(23,24)25/h5-9H,10-11H2,1-4H3,(H,26,29)(H,27,30). The van der Waals surface area contributed by atoms with E-state index in [-0.39, 0.29) is 24.7 Å². The molecule has 2 aromatic rings. The monoisotopic (exact) mass is 441 g/mol. The van der Waals surface area contributed by atoms with E-state index < -0.39 is 22.7 Å². The van der Waals surface area contributed by atoms with E-state index in [1.807, 2.05) is 32.9 Å². The molecule has 2 aromatic carbocycles. The third kappa shape index (κ3) is 6.47. The number of carbonyl (C=O) groups is 2. The van der Waals surface area contributed by atoms with Crippen LogP contribution >= 0.6 is 11.6 Å². The van der Waals surface area contributed by atoms with Crippen LogP contribution in [0.15, 0.2) is 30.3 Å². The number of nitrogens with one attached hydrogen (secondary N) is 2. The van der Waals surface area contributed by atoms with Gasteiger partial charge in [-0.3, -0.25) is 14.5 Å². The minimum absolute atomic E-state index is 0.0273. The molecule has 30 heavy (non-hydrogen) atoms. The van der Waals surface area contributed by atoms with Gasteiger partial charge in [0.1, 0.15) is 0 Å². The molecule has 2 N–H and O–H groups in total. The number of carbonyl (C=O) groups excluding carboxylic acids is 2. The van der Waals surface area contributed by atoms with Gasteiger partial charge in [0.05, 0.1) is 23.7 Å². The van der Waals surface area contributed by atoms with E-state index >= 15 is 0 Å². The largest absolute Gasteiger partial charge is 0.417 e. The number of aryl methyl sites for hydroxylation is 3. The first kappa shape index (κ1) is 23.7. The van der Waals surface area contributed by atoms with Crippen molar-refractivity contribution in [2.45, 2.75) is 26.9 Å². The number of likely N-dealkylation sites (N-methyl/N-ethyl adjacent to an activating group) is 1. The van der Waals surface area contributed by atoms with Crippen molar-refractivity contribution >= 4 is 34.8 Å². The summed E-state index contributed by atoms with van der Waals surface area (Å²) in [7, 11) is 1.57. The van der Waals surface area contributed by atoms with Gasteiger partial charge < -0.3 is 10.6 Å². The minimum Gasteiger partial charge on any atom is -0.325 e. The van der Waals surface area contributed by atoms with Crippen molar-refractivity contribution in [3.05, 3.63) is 57.6 Å². The van der Waals surface area contributed by atoms with Gasteiger partial charge in [-0.2, -0.15) is 13.2 Å². The maximum Gasteiger partial charge on any atom is 0.417 e. The Kier molecular flexibility index (Phi) is 7.49. The summed E-state index contributed by atoms with van der Waals surface area (Å²) in [6, 6.07) is 7.05. The van der Waals surface area contributed by atoms with Gasteiger partial charge in [0.15, 0.2) is 0 Å². The molecule has 0 aliphatic carbocycles. The number of amides is 2. The van der Waals surface area contributed by atoms with E-state index in [0.29, 0.717) is 0 Å². The molecule has 0 bridgehead atoms. The average Bonchev–Trinajstić information content (AvgIpc) is 2.58. The zero-order valence-electron chi connectivity index (χ0n) is 17.1. The molecule has 2 rings (SSSR count). The van der Waals surface area contributed by atoms with Crippen molar-refractivity contribution in [2.24, 2.45) is 0 Å². The van der Waals surface area contributed by atoms with Crippen LogP contribution in [0, 0.1) is 20.8 Å². The van der Waals surface area contributed by atoms with Crippen LogP contribution in [0.25, 0.3) is 0 Å². The molecule has 0 fully saturated rings. The topological polar surface area (TPSA) is 61.4 Å². The van der Waals surface area contributed by atoms with E-state index in [1.54, 1.807) is 7.05 Å². The van der Waals surface area contributed by atoms with Crippen LogP contribution in [0.4, 0.5) is 24.5 Å². The highest BCUT2D eigenvalue weighted by molar-refractivity contribution is 6.31. The lowest BCUT2D eigenvalue weighted by Crippen LogP contribution is -2.36. The molecule has 5 nitrogen and oxygen atoms in total. The maximum atomic E-state index is 12.9. The first-order chi connectivity index (χ1) is 13.9. The normalized spacial score (nSPS) is 11.5. The fourth-order valence-electron chi connectivity index (χ4n) is 3.12. The van der Waals surface area contributed by atoms with Crippen molar-refractivity contribution in [3.8, 4) is 0 Å². The molecular formula is C21H23ClF3N3O2. The second-order valence-electron chi connectivity index (χ2n) is 7.23. The molecule has 0 aliphatic heterocycles. The summed E-state index contributed by atoms with van der Waals surface area (Å²) in [5.41, 5.74) is 2.63. The van der Waals surface area contributed by atoms with E-state index in [1.165, 1.54) is 11.0 Å². The molecule has 0 saturated carbocycles. The van der Waals surface area contributed by atoms with Crippen LogP contribution in [-0.2, 0) is 15.8 Å². The summed E-state index contributed by atoms with van der Waals surface area (Å²) in [5, 5.41) is 4.78. The predicted molar refractivity (Wildman–Crippen MR) is 112 cm³/mol. The zero-order chi connectivity index (χ0) is 22.6. The van der Waals surface area contributed by atoms with E-state index in [4.69, 9.17) is 11.6 Å². The van der Waals surface area contributed by atoms with E-state index in [9.17, 15) is 22.8 Å². The Bertz CT molecular complexity index is 938. The first-order valence-corrected chi connectivity index (χ1v) is 9.47. The number of halogens is 4. The highest BCUT2D eigenvalue weighted by atomic mass is 35.5. The number of anilines is 2. The maximum absolute atomic E-state index is 12.9. The fourth-order valence-corrected chi connectivity index (χ4v) is 3.35. The molecule has 0 saturated heterocycles. The summed E-state index contributed by atoms with van der Waals surface area (Å²) in [6.07, 6.45) is -4.63. The molecule has 0 radical (unpaired) electrons. The summed E-state index contributed by atoms with van der Waals surface area (Å²) < 4.78 is 38.8. The van der Waals surface area contributed by atoms with E-state index in [2.05, 4.69) is 10.6 Å².